The molecule has 25 nitrogen and oxygen atoms in total. The average molecular weight is 1490 g/mol. The molecule has 0 spiro atoms. The van der Waals surface area contributed by atoms with E-state index >= 15 is 0 Å². The Bertz CT molecular complexity index is 1740. The standard InChI is InChI=1S/5C12H29NO4P.5CH3/c5*1-10(2)8-11(13(3,4)5)12(14)9-18(15,16-6)17-7;;;;;/h5*10-12,14H,8-9H2,1-7H3;5*1H3/q5*+1;5*-1/t2*11-,12+;2*11-,12-;;;;;;/m1010....../s1. The van der Waals surface area contributed by atoms with Crippen LogP contribution in [0.15, 0.2) is 0 Å². The average Bonchev–Trinajstić information content (AvgIpc) is 1.07. The summed E-state index contributed by atoms with van der Waals surface area (Å²) in [6.07, 6.45) is 0.919. The Morgan fingerprint density at radius 3 is 0.368 bits per heavy atom. The zero-order valence-corrected chi connectivity index (χ0v) is 73.0. The van der Waals surface area contributed by atoms with Gasteiger partial charge in [-0.25, -0.2) is 0 Å². The number of aliphatic hydroxyl groups is 5. The molecule has 0 aromatic heterocycles. The van der Waals surface area contributed by atoms with E-state index in [4.69, 9.17) is 45.2 Å². The van der Waals surface area contributed by atoms with E-state index in [2.05, 4.69) is 69.2 Å². The summed E-state index contributed by atoms with van der Waals surface area (Å²) in [5.74, 6) is 2.32. The van der Waals surface area contributed by atoms with Gasteiger partial charge in [0.1, 0.15) is 60.7 Å². The van der Waals surface area contributed by atoms with Crippen LogP contribution < -0.4 is 0 Å². The van der Waals surface area contributed by atoms with Gasteiger partial charge in [-0.1, -0.05) is 69.2 Å². The molecule has 0 aliphatic heterocycles. The van der Waals surface area contributed by atoms with Gasteiger partial charge in [-0.05, 0) is 29.6 Å². The second-order valence-electron chi connectivity index (χ2n) is 30.2. The van der Waals surface area contributed by atoms with Crippen LogP contribution >= 0.6 is 38.0 Å². The Hall–Kier alpha value is 0.350. The normalized spacial score (nSPS) is 16.1. The maximum absolute atomic E-state index is 12.1. The third kappa shape index (κ3) is 51.2. The molecule has 0 radical (unpaired) electrons. The van der Waals surface area contributed by atoms with Gasteiger partial charge in [0.05, 0.1) is 137 Å². The Morgan fingerprint density at radius 1 is 0.232 bits per heavy atom. The molecule has 30 heteroatoms. The molecule has 0 rings (SSSR count). The van der Waals surface area contributed by atoms with E-state index in [1.165, 1.54) is 71.1 Å². The van der Waals surface area contributed by atoms with Crippen molar-refractivity contribution in [1.29, 1.82) is 0 Å². The molecular weight excluding hydrogens is 1330 g/mol. The fraction of sp³-hybridized carbons (Fsp3) is 0.923. The van der Waals surface area contributed by atoms with Crippen molar-refractivity contribution in [2.75, 3.05) is 208 Å². The van der Waals surface area contributed by atoms with Crippen molar-refractivity contribution in [3.05, 3.63) is 37.1 Å². The number of nitrogens with zero attached hydrogens (tertiary/aromatic N) is 5. The Balaban J connectivity index is -0.000000117. The lowest BCUT2D eigenvalue weighted by molar-refractivity contribution is -0.900. The minimum absolute atomic E-state index is 0. The first kappa shape index (κ1) is 117. The molecule has 0 saturated heterocycles. The molecule has 10 atom stereocenters. The molecule has 0 heterocycles. The Kier molecular flexibility index (Phi) is 64.2. The highest BCUT2D eigenvalue weighted by Crippen LogP contribution is 2.51. The first-order valence-corrected chi connectivity index (χ1v) is 39.9. The summed E-state index contributed by atoms with van der Waals surface area (Å²) in [5, 5.41) is 51.7. The van der Waals surface area contributed by atoms with Gasteiger partial charge in [-0.2, -0.15) is 0 Å². The lowest BCUT2D eigenvalue weighted by Crippen LogP contribution is -2.53. The van der Waals surface area contributed by atoms with Crippen LogP contribution in [-0.4, -0.2) is 316 Å². The smallest absolute Gasteiger partial charge is 0.332 e. The minimum atomic E-state index is -3.16. The number of hydrogen-bond donors (Lipinski definition) is 5. The maximum Gasteiger partial charge on any atom is 0.332 e. The summed E-state index contributed by atoms with van der Waals surface area (Å²) >= 11 is 0. The number of rotatable bonds is 40. The fourth-order valence-corrected chi connectivity index (χ4v) is 16.0. The van der Waals surface area contributed by atoms with E-state index in [0.717, 1.165) is 32.1 Å². The van der Waals surface area contributed by atoms with Crippen LogP contribution in [0.3, 0.4) is 0 Å². The van der Waals surface area contributed by atoms with E-state index in [9.17, 15) is 48.4 Å². The van der Waals surface area contributed by atoms with Crippen LogP contribution in [0.4, 0.5) is 0 Å². The van der Waals surface area contributed by atoms with Crippen LogP contribution in [0.2, 0.25) is 0 Å². The van der Waals surface area contributed by atoms with Crippen molar-refractivity contribution in [3.8, 4) is 0 Å². The molecule has 2 unspecified atom stereocenters. The number of quaternary nitrogens is 5. The number of likely N-dealkylation sites (N-methyl/N-ethyl adjacent to an activating group) is 5. The predicted octanol–water partition coefficient (Wildman–Crippen LogP) is 12.0. The van der Waals surface area contributed by atoms with Gasteiger partial charge >= 0.3 is 38.0 Å². The van der Waals surface area contributed by atoms with Crippen LogP contribution in [-0.2, 0) is 68.1 Å². The highest BCUT2D eigenvalue weighted by molar-refractivity contribution is 7.55. The monoisotopic (exact) mass is 1490 g/mol. The molecule has 0 aromatic rings. The molecule has 0 aromatic carbocycles. The van der Waals surface area contributed by atoms with Crippen LogP contribution in [0.1, 0.15) is 101 Å². The van der Waals surface area contributed by atoms with Crippen LogP contribution in [0, 0.1) is 66.7 Å². The van der Waals surface area contributed by atoms with Crippen molar-refractivity contribution >= 4 is 38.0 Å². The fourth-order valence-electron chi connectivity index (χ4n) is 10.2. The summed E-state index contributed by atoms with van der Waals surface area (Å²) in [6.45, 7) is 21.1. The van der Waals surface area contributed by atoms with Crippen molar-refractivity contribution in [1.82, 2.24) is 0 Å². The molecule has 0 aliphatic carbocycles. The predicted molar refractivity (Wildman–Crippen MR) is 401 cm³/mol. The molecule has 95 heavy (non-hydrogen) atoms. The molecule has 0 bridgehead atoms. The van der Waals surface area contributed by atoms with Gasteiger partial charge in [0, 0.05) is 103 Å². The largest absolute Gasteiger partial charge is 0.386 e. The molecule has 0 amide bonds. The molecule has 0 fully saturated rings. The van der Waals surface area contributed by atoms with Crippen molar-refractivity contribution in [3.63, 3.8) is 0 Å². The zero-order valence-electron chi connectivity index (χ0n) is 68.6. The van der Waals surface area contributed by atoms with E-state index in [0.29, 0.717) is 52.0 Å². The van der Waals surface area contributed by atoms with Crippen molar-refractivity contribution in [2.24, 2.45) is 29.6 Å². The van der Waals surface area contributed by atoms with Gasteiger partial charge in [0.2, 0.25) is 0 Å². The van der Waals surface area contributed by atoms with Crippen molar-refractivity contribution < 1.29 is 116 Å². The van der Waals surface area contributed by atoms with E-state index in [1.54, 1.807) is 0 Å². The molecule has 0 aliphatic rings. The Morgan fingerprint density at radius 2 is 0.316 bits per heavy atom. The lowest BCUT2D eigenvalue weighted by atomic mass is 9.97. The molecule has 590 valence electrons. The van der Waals surface area contributed by atoms with Gasteiger partial charge in [-0.3, -0.25) is 22.8 Å². The summed E-state index contributed by atoms with van der Waals surface area (Å²) in [6, 6.07) is 0.0168. The SMILES string of the molecule is COP(=O)(CC(O)C(CC(C)C)[N+](C)(C)C)OC.COP(=O)(C[C@@H](O)[C@@H](CC(C)C)[N+](C)(C)C)OC.COP(=O)(C[C@@H](O)[C@H](CC(C)C)[N+](C)(C)C)OC.COP(=O)(C[C@H](O)[C@@H](CC(C)C)[N+](C)(C)C)OC.COP(=O)(C[C@H](O)[C@H](CC(C)C)[N+](C)(C)C)OC.[CH3-].[CH3-].[CH3-].[CH3-].[CH3-]. The first-order valence-electron chi connectivity index (χ1n) is 31.3. The second kappa shape index (κ2) is 52.3. The van der Waals surface area contributed by atoms with E-state index < -0.39 is 68.5 Å². The minimum Gasteiger partial charge on any atom is -0.386 e. The van der Waals surface area contributed by atoms with Gasteiger partial charge in [-0.15, -0.1) is 0 Å². The molecular formula is C65H160N5O20P5. The van der Waals surface area contributed by atoms with E-state index in [1.807, 2.05) is 106 Å². The summed E-state index contributed by atoms with van der Waals surface area (Å²) in [5.41, 5.74) is 0. The quantitative estimate of drug-likeness (QED) is 0.0217. The highest BCUT2D eigenvalue weighted by Gasteiger charge is 2.42. The summed E-state index contributed by atoms with van der Waals surface area (Å²) < 4.78 is 112. The summed E-state index contributed by atoms with van der Waals surface area (Å²) in [4.78, 5) is 0. The molecule has 5 N–H and O–H groups in total. The zero-order chi connectivity index (χ0) is 72.8. The van der Waals surface area contributed by atoms with Crippen molar-refractivity contribution in [2.45, 2.75) is 162 Å². The van der Waals surface area contributed by atoms with Gasteiger partial charge in [0.15, 0.2) is 0 Å². The third-order valence-electron chi connectivity index (χ3n) is 15.6. The maximum atomic E-state index is 12.1. The lowest BCUT2D eigenvalue weighted by Gasteiger charge is -2.38. The number of hydrogen-bond acceptors (Lipinski definition) is 20. The van der Waals surface area contributed by atoms with E-state index in [-0.39, 0.29) is 98.2 Å². The first-order chi connectivity index (χ1) is 40.3. The van der Waals surface area contributed by atoms with Gasteiger partial charge < -0.3 is 130 Å². The van der Waals surface area contributed by atoms with Gasteiger partial charge in [0.25, 0.3) is 0 Å². The number of aliphatic hydroxyl groups excluding tert-OH is 5. The third-order valence-corrected chi connectivity index (χ3v) is 25.3. The second-order valence-corrected chi connectivity index (χ2v) is 41.8. The van der Waals surface area contributed by atoms with Crippen LogP contribution in [0.5, 0.6) is 0 Å². The topological polar surface area (TPSA) is 279 Å². The summed E-state index contributed by atoms with van der Waals surface area (Å²) in [7, 11) is 28.1. The molecule has 0 saturated carbocycles. The Labute approximate surface area is 587 Å². The highest BCUT2D eigenvalue weighted by atomic mass is 31.2. The van der Waals surface area contributed by atoms with Crippen LogP contribution in [0.25, 0.3) is 0 Å².